The van der Waals surface area contributed by atoms with Crippen molar-refractivity contribution < 1.29 is 0 Å². The van der Waals surface area contributed by atoms with E-state index >= 15 is 0 Å². The number of hydrogen-bond donors (Lipinski definition) is 1. The summed E-state index contributed by atoms with van der Waals surface area (Å²) in [4.78, 5) is 4.17. The van der Waals surface area contributed by atoms with Gasteiger partial charge in [0.2, 0.25) is 0 Å². The molecule has 1 aromatic heterocycles. The number of anilines is 1. The van der Waals surface area contributed by atoms with Crippen LogP contribution in [0.2, 0.25) is 0 Å². The van der Waals surface area contributed by atoms with Crippen LogP contribution in [0.3, 0.4) is 0 Å². The van der Waals surface area contributed by atoms with E-state index in [2.05, 4.69) is 30.2 Å². The third-order valence-corrected chi connectivity index (χ3v) is 1.47. The van der Waals surface area contributed by atoms with Crippen molar-refractivity contribution in [2.75, 3.05) is 11.9 Å². The van der Waals surface area contributed by atoms with Gasteiger partial charge in [-0.3, -0.25) is 0 Å². The van der Waals surface area contributed by atoms with Crippen LogP contribution < -0.4 is 5.32 Å². The molecule has 2 heteroatoms. The van der Waals surface area contributed by atoms with Gasteiger partial charge in [0.1, 0.15) is 5.82 Å². The van der Waals surface area contributed by atoms with Crippen molar-refractivity contribution >= 4 is 5.82 Å². The number of rotatable bonds is 3. The first-order valence-electron chi connectivity index (χ1n) is 3.99. The maximum Gasteiger partial charge on any atom is 0.126 e. The fourth-order valence-corrected chi connectivity index (χ4v) is 0.886. The SMILES string of the molecule is CCCNc1cc(C)ccn1. The summed E-state index contributed by atoms with van der Waals surface area (Å²) in [6, 6.07) is 4.05. The second-order valence-electron chi connectivity index (χ2n) is 2.65. The number of nitrogens with zero attached hydrogens (tertiary/aromatic N) is 1. The third-order valence-electron chi connectivity index (χ3n) is 1.47. The van der Waals surface area contributed by atoms with Crippen molar-refractivity contribution in [3.63, 3.8) is 0 Å². The molecule has 0 spiro atoms. The summed E-state index contributed by atoms with van der Waals surface area (Å²) in [7, 11) is 0. The molecule has 0 bridgehead atoms. The maximum atomic E-state index is 4.17. The van der Waals surface area contributed by atoms with Crippen LogP contribution in [-0.2, 0) is 0 Å². The molecule has 0 saturated heterocycles. The second kappa shape index (κ2) is 3.96. The lowest BCUT2D eigenvalue weighted by atomic mass is 10.3. The highest BCUT2D eigenvalue weighted by Crippen LogP contribution is 2.04. The molecule has 1 N–H and O–H groups in total. The van der Waals surface area contributed by atoms with Gasteiger partial charge in [-0.25, -0.2) is 4.98 Å². The lowest BCUT2D eigenvalue weighted by Crippen LogP contribution is -2.01. The molecule has 2 nitrogen and oxygen atoms in total. The van der Waals surface area contributed by atoms with E-state index in [1.165, 1.54) is 5.56 Å². The van der Waals surface area contributed by atoms with Crippen molar-refractivity contribution in [3.8, 4) is 0 Å². The molecule has 11 heavy (non-hydrogen) atoms. The quantitative estimate of drug-likeness (QED) is 0.714. The molecule has 0 aliphatic rings. The van der Waals surface area contributed by atoms with Crippen LogP contribution in [0, 0.1) is 6.92 Å². The standard InChI is InChI=1S/C9H14N2/c1-3-5-10-9-7-8(2)4-6-11-9/h4,6-7H,3,5H2,1-2H3,(H,10,11). The average molecular weight is 150 g/mol. The highest BCUT2D eigenvalue weighted by atomic mass is 15.0. The fourth-order valence-electron chi connectivity index (χ4n) is 0.886. The van der Waals surface area contributed by atoms with Crippen LogP contribution in [0.15, 0.2) is 18.3 Å². The van der Waals surface area contributed by atoms with Gasteiger partial charge in [0.15, 0.2) is 0 Å². The van der Waals surface area contributed by atoms with Crippen molar-refractivity contribution in [1.82, 2.24) is 4.98 Å². The molecule has 0 amide bonds. The first-order valence-corrected chi connectivity index (χ1v) is 3.99. The number of hydrogen-bond acceptors (Lipinski definition) is 2. The van der Waals surface area contributed by atoms with Gasteiger partial charge in [-0.05, 0) is 31.0 Å². The van der Waals surface area contributed by atoms with Crippen LogP contribution in [0.4, 0.5) is 5.82 Å². The lowest BCUT2D eigenvalue weighted by Gasteiger charge is -2.02. The van der Waals surface area contributed by atoms with Gasteiger partial charge in [0, 0.05) is 12.7 Å². The molecular weight excluding hydrogens is 136 g/mol. The molecule has 60 valence electrons. The van der Waals surface area contributed by atoms with Crippen molar-refractivity contribution in [3.05, 3.63) is 23.9 Å². The zero-order chi connectivity index (χ0) is 8.10. The van der Waals surface area contributed by atoms with Crippen molar-refractivity contribution in [2.24, 2.45) is 0 Å². The number of aryl methyl sites for hydroxylation is 1. The van der Waals surface area contributed by atoms with E-state index in [0.717, 1.165) is 18.8 Å². The van der Waals surface area contributed by atoms with Crippen LogP contribution >= 0.6 is 0 Å². The van der Waals surface area contributed by atoms with Crippen LogP contribution in [0.25, 0.3) is 0 Å². The summed E-state index contributed by atoms with van der Waals surface area (Å²) in [5.74, 6) is 0.979. The Morgan fingerprint density at radius 1 is 1.55 bits per heavy atom. The maximum absolute atomic E-state index is 4.17. The van der Waals surface area contributed by atoms with Gasteiger partial charge in [0.25, 0.3) is 0 Å². The summed E-state index contributed by atoms with van der Waals surface area (Å²) in [6.07, 6.45) is 2.96. The average Bonchev–Trinajstić information content (AvgIpc) is 2.01. The summed E-state index contributed by atoms with van der Waals surface area (Å²) < 4.78 is 0. The highest BCUT2D eigenvalue weighted by molar-refractivity contribution is 5.36. The number of pyridine rings is 1. The first-order chi connectivity index (χ1) is 5.33. The van der Waals surface area contributed by atoms with Crippen LogP contribution in [0.5, 0.6) is 0 Å². The lowest BCUT2D eigenvalue weighted by molar-refractivity contribution is 0.968. The third kappa shape index (κ3) is 2.58. The molecule has 0 fully saturated rings. The Balaban J connectivity index is 2.56. The molecule has 0 aliphatic carbocycles. The highest BCUT2D eigenvalue weighted by Gasteiger charge is 1.90. The normalized spacial score (nSPS) is 9.64. The molecule has 0 radical (unpaired) electrons. The topological polar surface area (TPSA) is 24.9 Å². The van der Waals surface area contributed by atoms with Gasteiger partial charge < -0.3 is 5.32 Å². The monoisotopic (exact) mass is 150 g/mol. The molecular formula is C9H14N2. The minimum Gasteiger partial charge on any atom is -0.370 e. The summed E-state index contributed by atoms with van der Waals surface area (Å²) in [5.41, 5.74) is 1.25. The smallest absolute Gasteiger partial charge is 0.126 e. The minimum atomic E-state index is 0.979. The van der Waals surface area contributed by atoms with E-state index in [9.17, 15) is 0 Å². The zero-order valence-electron chi connectivity index (χ0n) is 7.09. The molecule has 1 aromatic rings. The van der Waals surface area contributed by atoms with Gasteiger partial charge >= 0.3 is 0 Å². The minimum absolute atomic E-state index is 0.979. The number of nitrogens with one attached hydrogen (secondary N) is 1. The largest absolute Gasteiger partial charge is 0.370 e. The van der Waals surface area contributed by atoms with Crippen molar-refractivity contribution in [1.29, 1.82) is 0 Å². The Labute approximate surface area is 67.7 Å². The summed E-state index contributed by atoms with van der Waals surface area (Å²) in [5, 5.41) is 3.22. The van der Waals surface area contributed by atoms with Gasteiger partial charge in [-0.1, -0.05) is 6.92 Å². The first kappa shape index (κ1) is 8.05. The Bertz CT molecular complexity index is 221. The fraction of sp³-hybridized carbons (Fsp3) is 0.444. The van der Waals surface area contributed by atoms with E-state index in [1.807, 2.05) is 12.3 Å². The van der Waals surface area contributed by atoms with Crippen molar-refractivity contribution in [2.45, 2.75) is 20.3 Å². The van der Waals surface area contributed by atoms with Gasteiger partial charge in [0.05, 0.1) is 0 Å². The molecule has 0 atom stereocenters. The predicted octanol–water partition coefficient (Wildman–Crippen LogP) is 2.21. The van der Waals surface area contributed by atoms with E-state index < -0.39 is 0 Å². The molecule has 0 aromatic carbocycles. The van der Waals surface area contributed by atoms with Gasteiger partial charge in [-0.2, -0.15) is 0 Å². The Morgan fingerprint density at radius 2 is 2.36 bits per heavy atom. The Morgan fingerprint density at radius 3 is 3.00 bits per heavy atom. The van der Waals surface area contributed by atoms with E-state index in [0.29, 0.717) is 0 Å². The molecule has 1 rings (SSSR count). The Hall–Kier alpha value is -1.05. The molecule has 0 aliphatic heterocycles. The summed E-state index contributed by atoms with van der Waals surface area (Å²) >= 11 is 0. The number of aromatic nitrogens is 1. The molecule has 0 unspecified atom stereocenters. The van der Waals surface area contributed by atoms with Crippen LogP contribution in [-0.4, -0.2) is 11.5 Å². The molecule has 1 heterocycles. The van der Waals surface area contributed by atoms with Crippen LogP contribution in [0.1, 0.15) is 18.9 Å². The van der Waals surface area contributed by atoms with E-state index in [4.69, 9.17) is 0 Å². The van der Waals surface area contributed by atoms with E-state index in [1.54, 1.807) is 0 Å². The van der Waals surface area contributed by atoms with E-state index in [-0.39, 0.29) is 0 Å². The molecule has 0 saturated carbocycles. The zero-order valence-corrected chi connectivity index (χ0v) is 7.09. The Kier molecular flexibility index (Phi) is 2.90. The van der Waals surface area contributed by atoms with Gasteiger partial charge in [-0.15, -0.1) is 0 Å². The predicted molar refractivity (Wildman–Crippen MR) is 47.8 cm³/mol. The summed E-state index contributed by atoms with van der Waals surface area (Å²) in [6.45, 7) is 5.21. The second-order valence-corrected chi connectivity index (χ2v) is 2.65.